The molecule has 1 rings (SSSR count). The first-order valence-electron chi connectivity index (χ1n) is 2.71. The Hall–Kier alpha value is -1.02. The van der Waals surface area contributed by atoms with Crippen LogP contribution in [0.25, 0.3) is 6.08 Å². The van der Waals surface area contributed by atoms with E-state index in [1.54, 1.807) is 0 Å². The van der Waals surface area contributed by atoms with Crippen LogP contribution in [0.4, 0.5) is 0 Å². The Kier molecular flexibility index (Phi) is 1.92. The molecule has 0 bridgehead atoms. The van der Waals surface area contributed by atoms with Gasteiger partial charge in [0.05, 0.1) is 16.9 Å². The number of hydrogen-bond donors (Lipinski definition) is 1. The summed E-state index contributed by atoms with van der Waals surface area (Å²) in [5.74, 6) is 0.0654. The standard InChI is InChI=1S/C7H6ClNO/c1-2-7-6(8)3-5(10)4-9-7/h2-4,10H,1H2. The summed E-state index contributed by atoms with van der Waals surface area (Å²) in [6.07, 6.45) is 2.85. The van der Waals surface area contributed by atoms with E-state index in [1.807, 2.05) is 0 Å². The van der Waals surface area contributed by atoms with Crippen LogP contribution in [0.2, 0.25) is 5.02 Å². The second-order valence-corrected chi connectivity index (χ2v) is 2.17. The lowest BCUT2D eigenvalue weighted by Gasteiger charge is -1.95. The summed E-state index contributed by atoms with van der Waals surface area (Å²) in [5, 5.41) is 9.26. The van der Waals surface area contributed by atoms with E-state index in [2.05, 4.69) is 11.6 Å². The van der Waals surface area contributed by atoms with Crippen molar-refractivity contribution in [2.45, 2.75) is 0 Å². The van der Waals surface area contributed by atoms with E-state index < -0.39 is 0 Å². The maximum atomic E-state index is 8.85. The quantitative estimate of drug-likeness (QED) is 0.674. The molecule has 1 N–H and O–H groups in total. The summed E-state index contributed by atoms with van der Waals surface area (Å²) in [7, 11) is 0. The predicted octanol–water partition coefficient (Wildman–Crippen LogP) is 2.08. The normalized spacial score (nSPS) is 9.30. The van der Waals surface area contributed by atoms with Crippen LogP contribution in [0, 0.1) is 0 Å². The number of nitrogens with zero attached hydrogens (tertiary/aromatic N) is 1. The lowest BCUT2D eigenvalue weighted by atomic mass is 10.3. The van der Waals surface area contributed by atoms with Gasteiger partial charge < -0.3 is 5.11 Å². The molecule has 0 aliphatic rings. The number of aromatic hydroxyl groups is 1. The fourth-order valence-corrected chi connectivity index (χ4v) is 0.826. The molecule has 0 radical (unpaired) electrons. The molecule has 0 aromatic carbocycles. The highest BCUT2D eigenvalue weighted by Gasteiger charge is 1.96. The highest BCUT2D eigenvalue weighted by Crippen LogP contribution is 2.18. The molecule has 0 saturated carbocycles. The molecule has 1 aromatic rings. The van der Waals surface area contributed by atoms with Crippen LogP contribution in [-0.4, -0.2) is 10.1 Å². The topological polar surface area (TPSA) is 33.1 Å². The minimum Gasteiger partial charge on any atom is -0.506 e. The van der Waals surface area contributed by atoms with Crippen molar-refractivity contribution >= 4 is 17.7 Å². The first-order valence-corrected chi connectivity index (χ1v) is 3.09. The number of pyridine rings is 1. The third kappa shape index (κ3) is 1.28. The Morgan fingerprint density at radius 3 is 2.90 bits per heavy atom. The largest absolute Gasteiger partial charge is 0.506 e. The molecule has 0 unspecified atom stereocenters. The van der Waals surface area contributed by atoms with Gasteiger partial charge in [-0.05, 0) is 6.08 Å². The van der Waals surface area contributed by atoms with Crippen LogP contribution in [-0.2, 0) is 0 Å². The molecule has 0 saturated heterocycles. The van der Waals surface area contributed by atoms with E-state index >= 15 is 0 Å². The number of aromatic nitrogens is 1. The van der Waals surface area contributed by atoms with Gasteiger partial charge in [-0.3, -0.25) is 4.98 Å². The van der Waals surface area contributed by atoms with Crippen LogP contribution in [0.1, 0.15) is 5.69 Å². The molecular weight excluding hydrogens is 150 g/mol. The third-order valence-corrected chi connectivity index (χ3v) is 1.35. The Morgan fingerprint density at radius 1 is 1.70 bits per heavy atom. The molecule has 2 nitrogen and oxygen atoms in total. The molecule has 1 heterocycles. The van der Waals surface area contributed by atoms with Crippen molar-refractivity contribution in [3.05, 3.63) is 29.6 Å². The zero-order valence-electron chi connectivity index (χ0n) is 5.21. The minimum atomic E-state index is 0.0654. The smallest absolute Gasteiger partial charge is 0.135 e. The summed E-state index contributed by atoms with van der Waals surface area (Å²) in [6, 6.07) is 1.42. The average molecular weight is 156 g/mol. The highest BCUT2D eigenvalue weighted by atomic mass is 35.5. The molecule has 0 aliphatic heterocycles. The van der Waals surface area contributed by atoms with Crippen molar-refractivity contribution in [3.63, 3.8) is 0 Å². The van der Waals surface area contributed by atoms with Gasteiger partial charge in [0, 0.05) is 6.07 Å². The Bertz CT molecular complexity index is 260. The zero-order chi connectivity index (χ0) is 7.56. The van der Waals surface area contributed by atoms with Gasteiger partial charge in [0.2, 0.25) is 0 Å². The molecule has 10 heavy (non-hydrogen) atoms. The van der Waals surface area contributed by atoms with Crippen molar-refractivity contribution in [1.82, 2.24) is 4.98 Å². The molecule has 0 spiro atoms. The van der Waals surface area contributed by atoms with E-state index in [1.165, 1.54) is 18.3 Å². The second kappa shape index (κ2) is 2.71. The van der Waals surface area contributed by atoms with E-state index in [4.69, 9.17) is 16.7 Å². The van der Waals surface area contributed by atoms with Gasteiger partial charge in [-0.2, -0.15) is 0 Å². The summed E-state index contributed by atoms with van der Waals surface area (Å²) in [5.41, 5.74) is 0.583. The molecule has 1 aromatic heterocycles. The highest BCUT2D eigenvalue weighted by molar-refractivity contribution is 6.31. The summed E-state index contributed by atoms with van der Waals surface area (Å²) in [4.78, 5) is 3.80. The van der Waals surface area contributed by atoms with Crippen LogP contribution >= 0.6 is 11.6 Å². The summed E-state index contributed by atoms with van der Waals surface area (Å²) < 4.78 is 0. The van der Waals surface area contributed by atoms with Crippen molar-refractivity contribution in [3.8, 4) is 5.75 Å². The number of halogens is 1. The number of rotatable bonds is 1. The summed E-state index contributed by atoms with van der Waals surface area (Å²) in [6.45, 7) is 3.49. The lowest BCUT2D eigenvalue weighted by Crippen LogP contribution is -1.79. The fourth-order valence-electron chi connectivity index (χ4n) is 0.589. The van der Waals surface area contributed by atoms with Crippen LogP contribution < -0.4 is 0 Å². The maximum absolute atomic E-state index is 8.85. The van der Waals surface area contributed by atoms with Gasteiger partial charge in [-0.1, -0.05) is 18.2 Å². The van der Waals surface area contributed by atoms with Gasteiger partial charge in [-0.15, -0.1) is 0 Å². The van der Waals surface area contributed by atoms with Gasteiger partial charge >= 0.3 is 0 Å². The first kappa shape index (κ1) is 7.09. The predicted molar refractivity (Wildman–Crippen MR) is 41.0 cm³/mol. The average Bonchev–Trinajstić information content (AvgIpc) is 1.88. The van der Waals surface area contributed by atoms with E-state index in [-0.39, 0.29) is 5.75 Å². The molecule has 0 fully saturated rings. The molecule has 0 atom stereocenters. The molecule has 3 heteroatoms. The van der Waals surface area contributed by atoms with Crippen LogP contribution in [0.3, 0.4) is 0 Å². The molecule has 0 aliphatic carbocycles. The SMILES string of the molecule is C=Cc1ncc(O)cc1Cl. The van der Waals surface area contributed by atoms with Crippen molar-refractivity contribution in [2.24, 2.45) is 0 Å². The number of hydrogen-bond acceptors (Lipinski definition) is 2. The fraction of sp³-hybridized carbons (Fsp3) is 0. The van der Waals surface area contributed by atoms with Crippen molar-refractivity contribution in [2.75, 3.05) is 0 Å². The van der Waals surface area contributed by atoms with E-state index in [0.717, 1.165) is 0 Å². The van der Waals surface area contributed by atoms with Crippen LogP contribution in [0.5, 0.6) is 5.75 Å². The van der Waals surface area contributed by atoms with Crippen molar-refractivity contribution < 1.29 is 5.11 Å². The minimum absolute atomic E-state index is 0.0654. The molecule has 52 valence electrons. The van der Waals surface area contributed by atoms with Crippen molar-refractivity contribution in [1.29, 1.82) is 0 Å². The van der Waals surface area contributed by atoms with Gasteiger partial charge in [0.25, 0.3) is 0 Å². The summed E-state index contributed by atoms with van der Waals surface area (Å²) >= 11 is 5.64. The Labute approximate surface area is 63.8 Å². The zero-order valence-corrected chi connectivity index (χ0v) is 5.97. The van der Waals surface area contributed by atoms with E-state index in [0.29, 0.717) is 10.7 Å². The third-order valence-electron chi connectivity index (χ3n) is 1.05. The maximum Gasteiger partial charge on any atom is 0.135 e. The lowest BCUT2D eigenvalue weighted by molar-refractivity contribution is 0.472. The van der Waals surface area contributed by atoms with Crippen LogP contribution in [0.15, 0.2) is 18.8 Å². The monoisotopic (exact) mass is 155 g/mol. The second-order valence-electron chi connectivity index (χ2n) is 1.76. The molecule has 0 amide bonds. The van der Waals surface area contributed by atoms with Gasteiger partial charge in [-0.25, -0.2) is 0 Å². The van der Waals surface area contributed by atoms with Gasteiger partial charge in [0.15, 0.2) is 0 Å². The first-order chi connectivity index (χ1) is 4.74. The van der Waals surface area contributed by atoms with Gasteiger partial charge in [0.1, 0.15) is 5.75 Å². The molecular formula is C7H6ClNO. The Balaban J connectivity index is 3.19. The van der Waals surface area contributed by atoms with E-state index in [9.17, 15) is 0 Å². The Morgan fingerprint density at radius 2 is 2.40 bits per heavy atom.